The monoisotopic (exact) mass is 388 g/mol. The molecule has 0 radical (unpaired) electrons. The predicted molar refractivity (Wildman–Crippen MR) is 109 cm³/mol. The zero-order chi connectivity index (χ0) is 20.6. The summed E-state index contributed by atoms with van der Waals surface area (Å²) in [6.45, 7) is 0. The van der Waals surface area contributed by atoms with Gasteiger partial charge in [-0.05, 0) is 42.0 Å². The highest BCUT2D eigenvalue weighted by Gasteiger charge is 2.12. The summed E-state index contributed by atoms with van der Waals surface area (Å²) >= 11 is 0. The van der Waals surface area contributed by atoms with Gasteiger partial charge >= 0.3 is 5.97 Å². The highest BCUT2D eigenvalue weighted by Crippen LogP contribution is 2.18. The summed E-state index contributed by atoms with van der Waals surface area (Å²) < 4.78 is 5.21. The summed E-state index contributed by atoms with van der Waals surface area (Å²) in [6, 6.07) is 21.0. The summed E-state index contributed by atoms with van der Waals surface area (Å²) in [5.41, 5.74) is 1.34. The molecule has 144 valence electrons. The number of nitro benzene ring substituents is 1. The van der Waals surface area contributed by atoms with E-state index in [1.165, 1.54) is 42.5 Å². The second kappa shape index (κ2) is 9.09. The molecular formula is C22H16N2O5. The molecule has 0 spiro atoms. The van der Waals surface area contributed by atoms with Crippen molar-refractivity contribution >= 4 is 29.3 Å². The fourth-order valence-electron chi connectivity index (χ4n) is 2.45. The number of amides is 1. The van der Waals surface area contributed by atoms with Gasteiger partial charge in [-0.2, -0.15) is 0 Å². The van der Waals surface area contributed by atoms with Crippen molar-refractivity contribution in [3.8, 4) is 5.75 Å². The van der Waals surface area contributed by atoms with Gasteiger partial charge in [-0.3, -0.25) is 14.9 Å². The first-order chi connectivity index (χ1) is 14.0. The second-order valence-electron chi connectivity index (χ2n) is 5.95. The van der Waals surface area contributed by atoms with Crippen LogP contribution in [0.4, 0.5) is 11.4 Å². The van der Waals surface area contributed by atoms with Crippen LogP contribution in [0, 0.1) is 10.1 Å². The van der Waals surface area contributed by atoms with Crippen LogP contribution in [-0.4, -0.2) is 16.8 Å². The minimum absolute atomic E-state index is 0.163. The molecule has 0 saturated carbocycles. The molecule has 3 aromatic rings. The molecule has 7 heteroatoms. The number of anilines is 1. The van der Waals surface area contributed by atoms with Crippen LogP contribution in [0.15, 0.2) is 84.9 Å². The average Bonchev–Trinajstić information content (AvgIpc) is 2.74. The second-order valence-corrected chi connectivity index (χ2v) is 5.95. The number of hydrogen-bond acceptors (Lipinski definition) is 5. The lowest BCUT2D eigenvalue weighted by molar-refractivity contribution is -0.384. The maximum atomic E-state index is 12.2. The smallest absolute Gasteiger partial charge is 0.336 e. The maximum absolute atomic E-state index is 12.2. The van der Waals surface area contributed by atoms with E-state index in [1.54, 1.807) is 18.2 Å². The molecule has 0 saturated heterocycles. The number of benzene rings is 3. The number of nitrogens with one attached hydrogen (secondary N) is 1. The Morgan fingerprint density at radius 3 is 2.34 bits per heavy atom. The van der Waals surface area contributed by atoms with Gasteiger partial charge in [-0.1, -0.05) is 36.4 Å². The number of esters is 1. The van der Waals surface area contributed by atoms with Crippen molar-refractivity contribution in [2.24, 2.45) is 0 Å². The van der Waals surface area contributed by atoms with E-state index in [1.807, 2.05) is 30.3 Å². The van der Waals surface area contributed by atoms with Gasteiger partial charge in [0.1, 0.15) is 5.75 Å². The van der Waals surface area contributed by atoms with E-state index < -0.39 is 16.8 Å². The van der Waals surface area contributed by atoms with Crippen molar-refractivity contribution in [1.29, 1.82) is 0 Å². The first-order valence-corrected chi connectivity index (χ1v) is 8.62. The van der Waals surface area contributed by atoms with Gasteiger partial charge in [0.05, 0.1) is 4.92 Å². The average molecular weight is 388 g/mol. The molecular weight excluding hydrogens is 372 g/mol. The molecule has 1 amide bonds. The molecule has 0 aliphatic carbocycles. The van der Waals surface area contributed by atoms with E-state index in [-0.39, 0.29) is 11.3 Å². The van der Waals surface area contributed by atoms with Crippen LogP contribution in [0.3, 0.4) is 0 Å². The van der Waals surface area contributed by atoms with Gasteiger partial charge in [0.15, 0.2) is 0 Å². The third-order valence-corrected chi connectivity index (χ3v) is 3.86. The first kappa shape index (κ1) is 19.5. The molecule has 7 nitrogen and oxygen atoms in total. The summed E-state index contributed by atoms with van der Waals surface area (Å²) in [6.07, 6.45) is 2.98. The van der Waals surface area contributed by atoms with Crippen LogP contribution in [-0.2, 0) is 4.79 Å². The van der Waals surface area contributed by atoms with Gasteiger partial charge in [-0.25, -0.2) is 4.79 Å². The Morgan fingerprint density at radius 1 is 0.931 bits per heavy atom. The summed E-state index contributed by atoms with van der Waals surface area (Å²) in [5.74, 6) is -0.687. The Balaban J connectivity index is 1.59. The Bertz CT molecular complexity index is 1060. The minimum atomic E-state index is -0.563. The maximum Gasteiger partial charge on any atom is 0.336 e. The molecule has 0 atom stereocenters. The molecule has 0 heterocycles. The van der Waals surface area contributed by atoms with E-state index >= 15 is 0 Å². The Hall–Kier alpha value is -4.26. The lowest BCUT2D eigenvalue weighted by Gasteiger charge is -2.07. The van der Waals surface area contributed by atoms with Crippen LogP contribution >= 0.6 is 0 Å². The van der Waals surface area contributed by atoms with Crippen LogP contribution in [0.1, 0.15) is 15.9 Å². The van der Waals surface area contributed by atoms with Gasteiger partial charge in [0.2, 0.25) is 0 Å². The fraction of sp³-hybridized carbons (Fsp3) is 0. The van der Waals surface area contributed by atoms with E-state index in [0.29, 0.717) is 11.4 Å². The van der Waals surface area contributed by atoms with Crippen LogP contribution < -0.4 is 10.1 Å². The molecule has 1 N–H and O–H groups in total. The Morgan fingerprint density at radius 2 is 1.66 bits per heavy atom. The van der Waals surface area contributed by atoms with Crippen molar-refractivity contribution in [3.05, 3.63) is 106 Å². The highest BCUT2D eigenvalue weighted by atomic mass is 16.6. The summed E-state index contributed by atoms with van der Waals surface area (Å²) in [5, 5.41) is 13.4. The van der Waals surface area contributed by atoms with Crippen molar-refractivity contribution in [3.63, 3.8) is 0 Å². The van der Waals surface area contributed by atoms with Crippen molar-refractivity contribution < 1.29 is 19.2 Å². The molecule has 0 unspecified atom stereocenters. The lowest BCUT2D eigenvalue weighted by atomic mass is 10.2. The van der Waals surface area contributed by atoms with Gasteiger partial charge in [0, 0.05) is 29.5 Å². The summed E-state index contributed by atoms with van der Waals surface area (Å²) in [7, 11) is 0. The molecule has 0 aliphatic heterocycles. The van der Waals surface area contributed by atoms with Crippen LogP contribution in [0.2, 0.25) is 0 Å². The third kappa shape index (κ3) is 5.61. The number of ether oxygens (including phenoxy) is 1. The number of carbonyl (C=O) groups excluding carboxylic acids is 2. The van der Waals surface area contributed by atoms with E-state index in [9.17, 15) is 19.7 Å². The van der Waals surface area contributed by atoms with Crippen molar-refractivity contribution in [2.75, 3.05) is 5.32 Å². The quantitative estimate of drug-likeness (QED) is 0.221. The number of hydrogen-bond donors (Lipinski definition) is 1. The van der Waals surface area contributed by atoms with E-state index in [0.717, 1.165) is 5.56 Å². The number of nitro groups is 1. The lowest BCUT2D eigenvalue weighted by Crippen LogP contribution is -2.12. The molecule has 3 aromatic carbocycles. The Kier molecular flexibility index (Phi) is 6.12. The SMILES string of the molecule is O=C(/C=C/c1ccccc1)Oc1ccc(NC(=O)c2cccc([N+](=O)[O-])c2)cc1. The van der Waals surface area contributed by atoms with E-state index in [2.05, 4.69) is 5.32 Å². The van der Waals surface area contributed by atoms with Crippen molar-refractivity contribution in [2.45, 2.75) is 0 Å². The van der Waals surface area contributed by atoms with Crippen LogP contribution in [0.5, 0.6) is 5.75 Å². The standard InChI is InChI=1S/C22H16N2O5/c25-21(14-9-16-5-2-1-3-6-16)29-20-12-10-18(11-13-20)23-22(26)17-7-4-8-19(15-17)24(27)28/h1-15H,(H,23,26)/b14-9+. The molecule has 0 aromatic heterocycles. The number of rotatable bonds is 6. The zero-order valence-corrected chi connectivity index (χ0v) is 15.1. The minimum Gasteiger partial charge on any atom is -0.423 e. The van der Waals surface area contributed by atoms with Gasteiger partial charge in [-0.15, -0.1) is 0 Å². The summed E-state index contributed by atoms with van der Waals surface area (Å²) in [4.78, 5) is 34.4. The molecule has 29 heavy (non-hydrogen) atoms. The molecule has 0 fully saturated rings. The predicted octanol–water partition coefficient (Wildman–Crippen LogP) is 4.47. The number of non-ortho nitro benzene ring substituents is 1. The topological polar surface area (TPSA) is 98.5 Å². The van der Waals surface area contributed by atoms with Gasteiger partial charge in [0.25, 0.3) is 11.6 Å². The van der Waals surface area contributed by atoms with Crippen molar-refractivity contribution in [1.82, 2.24) is 0 Å². The fourth-order valence-corrected chi connectivity index (χ4v) is 2.45. The molecule has 0 aliphatic rings. The molecule has 3 rings (SSSR count). The van der Waals surface area contributed by atoms with E-state index in [4.69, 9.17) is 4.74 Å². The number of nitrogens with zero attached hydrogens (tertiary/aromatic N) is 1. The molecule has 0 bridgehead atoms. The normalized spacial score (nSPS) is 10.5. The first-order valence-electron chi connectivity index (χ1n) is 8.62. The Labute approximate surface area is 166 Å². The third-order valence-electron chi connectivity index (χ3n) is 3.86. The number of carbonyl (C=O) groups is 2. The van der Waals surface area contributed by atoms with Gasteiger partial charge < -0.3 is 10.1 Å². The largest absolute Gasteiger partial charge is 0.423 e. The van der Waals surface area contributed by atoms with Crippen LogP contribution in [0.25, 0.3) is 6.08 Å². The highest BCUT2D eigenvalue weighted by molar-refractivity contribution is 6.04. The zero-order valence-electron chi connectivity index (χ0n) is 15.1.